The Kier molecular flexibility index (Phi) is 4.24. The molecule has 0 unspecified atom stereocenters. The first-order valence-electron chi connectivity index (χ1n) is 5.64. The minimum absolute atomic E-state index is 0.0191. The summed E-state index contributed by atoms with van der Waals surface area (Å²) in [6.45, 7) is -2.92. The SMILES string of the molecule is O=C(O)CCc1nc(-c2cccc(OC(F)F)c2)no1. The fourth-order valence-electron chi connectivity index (χ4n) is 1.50. The van der Waals surface area contributed by atoms with Gasteiger partial charge in [-0.2, -0.15) is 13.8 Å². The maximum absolute atomic E-state index is 12.1. The summed E-state index contributed by atoms with van der Waals surface area (Å²) >= 11 is 0. The van der Waals surface area contributed by atoms with Gasteiger partial charge in [-0.3, -0.25) is 4.79 Å². The quantitative estimate of drug-likeness (QED) is 0.876. The second kappa shape index (κ2) is 6.09. The Morgan fingerprint density at radius 3 is 2.95 bits per heavy atom. The van der Waals surface area contributed by atoms with Crippen LogP contribution in [0.1, 0.15) is 12.3 Å². The lowest BCUT2D eigenvalue weighted by molar-refractivity contribution is -0.137. The van der Waals surface area contributed by atoms with E-state index >= 15 is 0 Å². The molecule has 6 nitrogen and oxygen atoms in total. The Labute approximate surface area is 112 Å². The fraction of sp³-hybridized carbons (Fsp3) is 0.250. The van der Waals surface area contributed by atoms with E-state index in [4.69, 9.17) is 9.63 Å². The van der Waals surface area contributed by atoms with Crippen LogP contribution in [-0.2, 0) is 11.2 Å². The summed E-state index contributed by atoms with van der Waals surface area (Å²) in [6.07, 6.45) is -0.0221. The van der Waals surface area contributed by atoms with Crippen molar-refractivity contribution in [2.45, 2.75) is 19.5 Å². The number of carboxylic acid groups (broad SMARTS) is 1. The molecule has 0 bridgehead atoms. The average Bonchev–Trinajstić information content (AvgIpc) is 2.84. The second-order valence-corrected chi connectivity index (χ2v) is 3.81. The molecule has 0 atom stereocenters. The van der Waals surface area contributed by atoms with Gasteiger partial charge < -0.3 is 14.4 Å². The van der Waals surface area contributed by atoms with Crippen LogP contribution >= 0.6 is 0 Å². The van der Waals surface area contributed by atoms with E-state index in [1.165, 1.54) is 18.2 Å². The van der Waals surface area contributed by atoms with Crippen molar-refractivity contribution in [3.63, 3.8) is 0 Å². The van der Waals surface area contributed by atoms with Crippen LogP contribution in [-0.4, -0.2) is 27.8 Å². The number of carbonyl (C=O) groups is 1. The smallest absolute Gasteiger partial charge is 0.387 e. The molecule has 0 saturated heterocycles. The molecule has 8 heteroatoms. The van der Waals surface area contributed by atoms with E-state index < -0.39 is 12.6 Å². The number of halogens is 2. The first-order chi connectivity index (χ1) is 9.54. The topological polar surface area (TPSA) is 85.5 Å². The highest BCUT2D eigenvalue weighted by atomic mass is 19.3. The van der Waals surface area contributed by atoms with Crippen molar-refractivity contribution < 1.29 is 27.9 Å². The minimum atomic E-state index is -2.92. The standard InChI is InChI=1S/C12H10F2N2O4/c13-12(14)19-8-3-1-2-7(6-8)11-15-9(20-16-11)4-5-10(17)18/h1-3,6,12H,4-5H2,(H,17,18). The summed E-state index contributed by atoms with van der Waals surface area (Å²) in [7, 11) is 0. The molecular weight excluding hydrogens is 274 g/mol. The summed E-state index contributed by atoms with van der Waals surface area (Å²) in [5.41, 5.74) is 0.438. The zero-order valence-electron chi connectivity index (χ0n) is 10.1. The summed E-state index contributed by atoms with van der Waals surface area (Å²) in [5.74, 6) is -0.640. The van der Waals surface area contributed by atoms with Gasteiger partial charge in [0.15, 0.2) is 0 Å². The maximum atomic E-state index is 12.1. The van der Waals surface area contributed by atoms with Crippen molar-refractivity contribution in [2.75, 3.05) is 0 Å². The largest absolute Gasteiger partial charge is 0.481 e. The van der Waals surface area contributed by atoms with E-state index in [0.717, 1.165) is 0 Å². The number of nitrogens with zero attached hydrogens (tertiary/aromatic N) is 2. The van der Waals surface area contributed by atoms with E-state index in [-0.39, 0.29) is 30.3 Å². The molecule has 106 valence electrons. The molecule has 1 N–H and O–H groups in total. The fourth-order valence-corrected chi connectivity index (χ4v) is 1.50. The predicted octanol–water partition coefficient (Wildman–Crippen LogP) is 2.36. The highest BCUT2D eigenvalue weighted by molar-refractivity contribution is 5.66. The Morgan fingerprint density at radius 2 is 2.25 bits per heavy atom. The molecule has 2 rings (SSSR count). The number of aliphatic carboxylic acids is 1. The van der Waals surface area contributed by atoms with Crippen molar-refractivity contribution in [1.82, 2.24) is 10.1 Å². The predicted molar refractivity (Wildman–Crippen MR) is 62.3 cm³/mol. The number of benzene rings is 1. The van der Waals surface area contributed by atoms with E-state index in [2.05, 4.69) is 14.9 Å². The molecule has 1 heterocycles. The van der Waals surface area contributed by atoms with Crippen LogP contribution in [0.5, 0.6) is 5.75 Å². The van der Waals surface area contributed by atoms with Crippen molar-refractivity contribution in [2.24, 2.45) is 0 Å². The molecule has 0 saturated carbocycles. The van der Waals surface area contributed by atoms with Gasteiger partial charge in [-0.15, -0.1) is 0 Å². The maximum Gasteiger partial charge on any atom is 0.387 e. The van der Waals surface area contributed by atoms with Crippen LogP contribution in [0, 0.1) is 0 Å². The summed E-state index contributed by atoms with van der Waals surface area (Å²) in [4.78, 5) is 14.4. The van der Waals surface area contributed by atoms with Gasteiger partial charge in [-0.1, -0.05) is 17.3 Å². The molecule has 20 heavy (non-hydrogen) atoms. The normalized spacial score (nSPS) is 10.8. The van der Waals surface area contributed by atoms with Crippen LogP contribution in [0.4, 0.5) is 8.78 Å². The Hall–Kier alpha value is -2.51. The number of carboxylic acids is 1. The number of hydrogen-bond acceptors (Lipinski definition) is 5. The van der Waals surface area contributed by atoms with E-state index in [1.54, 1.807) is 6.07 Å². The van der Waals surface area contributed by atoms with Crippen LogP contribution in [0.2, 0.25) is 0 Å². The van der Waals surface area contributed by atoms with Crippen LogP contribution in [0.15, 0.2) is 28.8 Å². The number of ether oxygens (including phenoxy) is 1. The van der Waals surface area contributed by atoms with Crippen LogP contribution in [0.3, 0.4) is 0 Å². The molecule has 0 spiro atoms. The lowest BCUT2D eigenvalue weighted by atomic mass is 10.2. The van der Waals surface area contributed by atoms with Gasteiger partial charge in [-0.25, -0.2) is 0 Å². The Balaban J connectivity index is 2.13. The number of aromatic nitrogens is 2. The van der Waals surface area contributed by atoms with Gasteiger partial charge in [0.2, 0.25) is 11.7 Å². The van der Waals surface area contributed by atoms with Crippen molar-refractivity contribution in [3.05, 3.63) is 30.2 Å². The van der Waals surface area contributed by atoms with Gasteiger partial charge in [0.1, 0.15) is 5.75 Å². The van der Waals surface area contributed by atoms with E-state index in [1.807, 2.05) is 0 Å². The molecule has 0 aliphatic carbocycles. The number of aryl methyl sites for hydroxylation is 1. The first kappa shape index (κ1) is 13.9. The summed E-state index contributed by atoms with van der Waals surface area (Å²) in [5, 5.41) is 12.2. The zero-order chi connectivity index (χ0) is 14.5. The molecule has 0 fully saturated rings. The highest BCUT2D eigenvalue weighted by Crippen LogP contribution is 2.22. The van der Waals surface area contributed by atoms with E-state index in [9.17, 15) is 13.6 Å². The molecule has 0 amide bonds. The van der Waals surface area contributed by atoms with Crippen molar-refractivity contribution >= 4 is 5.97 Å². The third kappa shape index (κ3) is 3.74. The van der Waals surface area contributed by atoms with Crippen molar-refractivity contribution in [1.29, 1.82) is 0 Å². The van der Waals surface area contributed by atoms with Gasteiger partial charge in [-0.05, 0) is 12.1 Å². The average molecular weight is 284 g/mol. The first-order valence-corrected chi connectivity index (χ1v) is 5.64. The summed E-state index contributed by atoms with van der Waals surface area (Å²) in [6, 6.07) is 5.84. The lowest BCUT2D eigenvalue weighted by Gasteiger charge is -2.04. The third-order valence-electron chi connectivity index (χ3n) is 2.34. The molecule has 0 aliphatic rings. The number of rotatable bonds is 6. The third-order valence-corrected chi connectivity index (χ3v) is 2.34. The number of hydrogen-bond donors (Lipinski definition) is 1. The second-order valence-electron chi connectivity index (χ2n) is 3.81. The van der Waals surface area contributed by atoms with Gasteiger partial charge in [0.25, 0.3) is 0 Å². The Morgan fingerprint density at radius 1 is 1.45 bits per heavy atom. The minimum Gasteiger partial charge on any atom is -0.481 e. The molecule has 1 aromatic heterocycles. The Bertz CT molecular complexity index is 601. The monoisotopic (exact) mass is 284 g/mol. The number of alkyl halides is 2. The lowest BCUT2D eigenvalue weighted by Crippen LogP contribution is -2.01. The van der Waals surface area contributed by atoms with E-state index in [0.29, 0.717) is 5.56 Å². The highest BCUT2D eigenvalue weighted by Gasteiger charge is 2.12. The van der Waals surface area contributed by atoms with Gasteiger partial charge >= 0.3 is 12.6 Å². The summed E-state index contributed by atoms with van der Waals surface area (Å²) < 4.78 is 33.4. The van der Waals surface area contributed by atoms with Crippen LogP contribution < -0.4 is 4.74 Å². The van der Waals surface area contributed by atoms with Gasteiger partial charge in [0, 0.05) is 12.0 Å². The van der Waals surface area contributed by atoms with Gasteiger partial charge in [0.05, 0.1) is 6.42 Å². The molecule has 1 aromatic carbocycles. The zero-order valence-corrected chi connectivity index (χ0v) is 10.1. The molecule has 0 aliphatic heterocycles. The molecule has 2 aromatic rings. The van der Waals surface area contributed by atoms with Crippen LogP contribution in [0.25, 0.3) is 11.4 Å². The molecule has 0 radical (unpaired) electrons. The molecular formula is C12H10F2N2O4. The van der Waals surface area contributed by atoms with Crippen molar-refractivity contribution in [3.8, 4) is 17.1 Å².